The molecule has 3 heteroatoms. The predicted octanol–water partition coefficient (Wildman–Crippen LogP) is 2.89. The van der Waals surface area contributed by atoms with Crippen LogP contribution in [0.1, 0.15) is 31.7 Å². The summed E-state index contributed by atoms with van der Waals surface area (Å²) in [7, 11) is 1.48. The van der Waals surface area contributed by atoms with E-state index in [1.54, 1.807) is 12.1 Å². The number of ether oxygens (including phenoxy) is 1. The van der Waals surface area contributed by atoms with Crippen LogP contribution in [0.3, 0.4) is 0 Å². The molecule has 0 aliphatic heterocycles. The largest absolute Gasteiger partial charge is 0.494 e. The van der Waals surface area contributed by atoms with Crippen LogP contribution < -0.4 is 10.5 Å². The highest BCUT2D eigenvalue weighted by Crippen LogP contribution is 2.35. The quantitative estimate of drug-likeness (QED) is 0.877. The minimum Gasteiger partial charge on any atom is -0.494 e. The lowest BCUT2D eigenvalue weighted by atomic mass is 9.89. The first-order chi connectivity index (χ1) is 8.04. The second-order valence-corrected chi connectivity index (χ2v) is 5.32. The van der Waals surface area contributed by atoms with Crippen molar-refractivity contribution in [3.8, 4) is 5.75 Å². The molecule has 0 spiro atoms. The van der Waals surface area contributed by atoms with Crippen LogP contribution in [0.5, 0.6) is 5.75 Å². The maximum absolute atomic E-state index is 14.0. The molecule has 2 rings (SSSR count). The zero-order chi connectivity index (χ0) is 12.5. The van der Waals surface area contributed by atoms with E-state index in [1.807, 2.05) is 6.07 Å². The van der Waals surface area contributed by atoms with Crippen molar-refractivity contribution in [3.63, 3.8) is 0 Å². The number of halogens is 1. The van der Waals surface area contributed by atoms with Crippen molar-refractivity contribution in [2.24, 2.45) is 11.7 Å². The van der Waals surface area contributed by atoms with Gasteiger partial charge < -0.3 is 10.5 Å². The van der Waals surface area contributed by atoms with Crippen LogP contribution in [0.25, 0.3) is 0 Å². The third kappa shape index (κ3) is 2.60. The molecule has 0 aromatic heterocycles. The van der Waals surface area contributed by atoms with Gasteiger partial charge in [-0.2, -0.15) is 0 Å². The van der Waals surface area contributed by atoms with Crippen LogP contribution >= 0.6 is 0 Å². The third-order valence-electron chi connectivity index (χ3n) is 3.70. The van der Waals surface area contributed by atoms with Gasteiger partial charge in [-0.3, -0.25) is 0 Å². The van der Waals surface area contributed by atoms with E-state index < -0.39 is 0 Å². The molecule has 1 aliphatic rings. The highest BCUT2D eigenvalue weighted by molar-refractivity contribution is 5.32. The summed E-state index contributed by atoms with van der Waals surface area (Å²) in [5.74, 6) is 0.685. The summed E-state index contributed by atoms with van der Waals surface area (Å²) in [5.41, 5.74) is 6.76. The standard InChI is InChI=1S/C14H20FNO/c1-10-6-7-14(16,8-10)9-11-4-3-5-12(17-2)13(11)15/h3-5,10H,6-9,16H2,1-2H3. The normalized spacial score (nSPS) is 28.4. The Kier molecular flexibility index (Phi) is 3.38. The van der Waals surface area contributed by atoms with Gasteiger partial charge in [0.15, 0.2) is 11.6 Å². The zero-order valence-corrected chi connectivity index (χ0v) is 10.5. The van der Waals surface area contributed by atoms with Gasteiger partial charge in [-0.25, -0.2) is 4.39 Å². The molecule has 2 atom stereocenters. The van der Waals surface area contributed by atoms with Crippen molar-refractivity contribution in [1.29, 1.82) is 0 Å². The molecule has 0 amide bonds. The van der Waals surface area contributed by atoms with Gasteiger partial charge in [-0.05, 0) is 43.2 Å². The Bertz CT molecular complexity index is 407. The molecule has 1 aromatic carbocycles. The van der Waals surface area contributed by atoms with Crippen LogP contribution in [0.15, 0.2) is 18.2 Å². The molecule has 2 nitrogen and oxygen atoms in total. The maximum Gasteiger partial charge on any atom is 0.168 e. The first-order valence-electron chi connectivity index (χ1n) is 6.14. The molecule has 0 bridgehead atoms. The summed E-state index contributed by atoms with van der Waals surface area (Å²) < 4.78 is 19.0. The van der Waals surface area contributed by atoms with Crippen LogP contribution in [0.2, 0.25) is 0 Å². The zero-order valence-electron chi connectivity index (χ0n) is 10.5. The molecular formula is C14H20FNO. The Balaban J connectivity index is 2.19. The number of methoxy groups -OCH3 is 1. The molecule has 2 unspecified atom stereocenters. The van der Waals surface area contributed by atoms with Gasteiger partial charge in [0.1, 0.15) is 0 Å². The van der Waals surface area contributed by atoms with Gasteiger partial charge >= 0.3 is 0 Å². The average molecular weight is 237 g/mol. The van der Waals surface area contributed by atoms with Crippen LogP contribution in [-0.4, -0.2) is 12.6 Å². The van der Waals surface area contributed by atoms with Crippen LogP contribution in [0.4, 0.5) is 4.39 Å². The van der Waals surface area contributed by atoms with Crippen molar-refractivity contribution in [2.45, 2.75) is 38.1 Å². The summed E-state index contributed by atoms with van der Waals surface area (Å²) in [5, 5.41) is 0. The molecule has 2 N–H and O–H groups in total. The maximum atomic E-state index is 14.0. The molecule has 0 radical (unpaired) electrons. The molecule has 1 fully saturated rings. The average Bonchev–Trinajstić information content (AvgIpc) is 2.62. The molecule has 1 saturated carbocycles. The Morgan fingerprint density at radius 3 is 2.88 bits per heavy atom. The smallest absolute Gasteiger partial charge is 0.168 e. The Morgan fingerprint density at radius 1 is 1.53 bits per heavy atom. The summed E-state index contributed by atoms with van der Waals surface area (Å²) in [6.07, 6.45) is 3.69. The summed E-state index contributed by atoms with van der Waals surface area (Å²) in [4.78, 5) is 0. The Hall–Kier alpha value is -1.09. The monoisotopic (exact) mass is 237 g/mol. The number of hydrogen-bond donors (Lipinski definition) is 1. The van der Waals surface area contributed by atoms with E-state index in [4.69, 9.17) is 10.5 Å². The van der Waals surface area contributed by atoms with E-state index in [2.05, 4.69) is 6.92 Å². The van der Waals surface area contributed by atoms with E-state index in [9.17, 15) is 4.39 Å². The van der Waals surface area contributed by atoms with Crippen LogP contribution in [0, 0.1) is 11.7 Å². The molecule has 0 heterocycles. The SMILES string of the molecule is COc1cccc(CC2(N)CCC(C)C2)c1F. The van der Waals surface area contributed by atoms with Gasteiger partial charge in [0, 0.05) is 5.54 Å². The highest BCUT2D eigenvalue weighted by Gasteiger charge is 2.34. The van der Waals surface area contributed by atoms with Gasteiger partial charge in [0.2, 0.25) is 0 Å². The van der Waals surface area contributed by atoms with E-state index >= 15 is 0 Å². The first-order valence-corrected chi connectivity index (χ1v) is 6.14. The first kappa shape index (κ1) is 12.4. The summed E-state index contributed by atoms with van der Waals surface area (Å²) >= 11 is 0. The van der Waals surface area contributed by atoms with Crippen molar-refractivity contribution < 1.29 is 9.13 Å². The molecule has 1 aliphatic carbocycles. The predicted molar refractivity (Wildman–Crippen MR) is 66.6 cm³/mol. The topological polar surface area (TPSA) is 35.2 Å². The van der Waals surface area contributed by atoms with E-state index in [0.717, 1.165) is 19.3 Å². The lowest BCUT2D eigenvalue weighted by molar-refractivity contribution is 0.374. The number of hydrogen-bond acceptors (Lipinski definition) is 2. The van der Waals surface area contributed by atoms with Gasteiger partial charge in [-0.15, -0.1) is 0 Å². The molecule has 94 valence electrons. The molecule has 17 heavy (non-hydrogen) atoms. The second kappa shape index (κ2) is 4.65. The highest BCUT2D eigenvalue weighted by atomic mass is 19.1. The fourth-order valence-corrected chi connectivity index (χ4v) is 2.82. The number of benzene rings is 1. The molecule has 0 saturated heterocycles. The molecule has 1 aromatic rings. The second-order valence-electron chi connectivity index (χ2n) is 5.32. The third-order valence-corrected chi connectivity index (χ3v) is 3.70. The minimum atomic E-state index is -0.264. The Morgan fingerprint density at radius 2 is 2.29 bits per heavy atom. The van der Waals surface area contributed by atoms with E-state index in [0.29, 0.717) is 23.7 Å². The minimum absolute atomic E-state index is 0.243. The van der Waals surface area contributed by atoms with Crippen molar-refractivity contribution in [3.05, 3.63) is 29.6 Å². The fraction of sp³-hybridized carbons (Fsp3) is 0.571. The van der Waals surface area contributed by atoms with Crippen molar-refractivity contribution in [1.82, 2.24) is 0 Å². The van der Waals surface area contributed by atoms with Gasteiger partial charge in [0.25, 0.3) is 0 Å². The van der Waals surface area contributed by atoms with Crippen molar-refractivity contribution >= 4 is 0 Å². The number of rotatable bonds is 3. The number of nitrogens with two attached hydrogens (primary N) is 1. The lowest BCUT2D eigenvalue weighted by Crippen LogP contribution is -2.39. The Labute approximate surface area is 102 Å². The van der Waals surface area contributed by atoms with E-state index in [1.165, 1.54) is 7.11 Å². The summed E-state index contributed by atoms with van der Waals surface area (Å²) in [6, 6.07) is 5.26. The van der Waals surface area contributed by atoms with E-state index in [-0.39, 0.29) is 11.4 Å². The lowest BCUT2D eigenvalue weighted by Gasteiger charge is -2.24. The van der Waals surface area contributed by atoms with Crippen molar-refractivity contribution in [2.75, 3.05) is 7.11 Å². The van der Waals surface area contributed by atoms with Crippen LogP contribution in [-0.2, 0) is 6.42 Å². The van der Waals surface area contributed by atoms with Gasteiger partial charge in [-0.1, -0.05) is 19.1 Å². The fourth-order valence-electron chi connectivity index (χ4n) is 2.82. The van der Waals surface area contributed by atoms with Gasteiger partial charge in [0.05, 0.1) is 7.11 Å². The summed E-state index contributed by atoms with van der Waals surface area (Å²) in [6.45, 7) is 2.20. The molecular weight excluding hydrogens is 217 g/mol.